The summed E-state index contributed by atoms with van der Waals surface area (Å²) in [4.78, 5) is 11.1. The van der Waals surface area contributed by atoms with Crippen LogP contribution in [0.2, 0.25) is 0 Å². The van der Waals surface area contributed by atoms with Gasteiger partial charge in [-0.05, 0) is 31.0 Å². The average Bonchev–Trinajstić information content (AvgIpc) is 2.30. The molecule has 1 heterocycles. The van der Waals surface area contributed by atoms with Crippen molar-refractivity contribution in [3.63, 3.8) is 0 Å². The van der Waals surface area contributed by atoms with Crippen LogP contribution in [0.4, 0.5) is 11.4 Å². The quantitative estimate of drug-likeness (QED) is 0.693. The van der Waals surface area contributed by atoms with Crippen molar-refractivity contribution in [1.82, 2.24) is 0 Å². The molecule has 1 aliphatic heterocycles. The molecule has 5 nitrogen and oxygen atoms in total. The third-order valence-electron chi connectivity index (χ3n) is 2.79. The van der Waals surface area contributed by atoms with E-state index in [9.17, 15) is 4.79 Å². The van der Waals surface area contributed by atoms with E-state index in [0.29, 0.717) is 18.0 Å². The van der Waals surface area contributed by atoms with Crippen LogP contribution >= 0.6 is 0 Å². The lowest BCUT2D eigenvalue weighted by atomic mass is 10.1. The molecule has 1 atom stereocenters. The summed E-state index contributed by atoms with van der Waals surface area (Å²) in [5, 5.41) is 12.3. The van der Waals surface area contributed by atoms with Crippen molar-refractivity contribution in [1.29, 1.82) is 0 Å². The van der Waals surface area contributed by atoms with Gasteiger partial charge in [0.05, 0.1) is 17.9 Å². The molecule has 1 saturated heterocycles. The molecule has 4 N–H and O–H groups in total. The largest absolute Gasteiger partial charge is 0.478 e. The van der Waals surface area contributed by atoms with Crippen molar-refractivity contribution in [2.75, 3.05) is 24.3 Å². The van der Waals surface area contributed by atoms with E-state index in [2.05, 4.69) is 5.32 Å². The van der Waals surface area contributed by atoms with Crippen LogP contribution in [0.5, 0.6) is 0 Å². The summed E-state index contributed by atoms with van der Waals surface area (Å²) in [5.74, 6) is -0.954. The Hall–Kier alpha value is -1.75. The Morgan fingerprint density at radius 2 is 2.35 bits per heavy atom. The molecule has 0 radical (unpaired) electrons. The predicted octanol–water partition coefficient (Wildman–Crippen LogP) is 1.56. The topological polar surface area (TPSA) is 84.6 Å². The number of rotatable bonds is 3. The van der Waals surface area contributed by atoms with Gasteiger partial charge in [0.25, 0.3) is 0 Å². The van der Waals surface area contributed by atoms with Gasteiger partial charge in [0.15, 0.2) is 0 Å². The van der Waals surface area contributed by atoms with Gasteiger partial charge in [-0.2, -0.15) is 0 Å². The highest BCUT2D eigenvalue weighted by Gasteiger charge is 2.17. The van der Waals surface area contributed by atoms with E-state index < -0.39 is 5.97 Å². The van der Waals surface area contributed by atoms with Crippen LogP contribution in [0.25, 0.3) is 0 Å². The lowest BCUT2D eigenvalue weighted by molar-refractivity contribution is 0.0696. The summed E-state index contributed by atoms with van der Waals surface area (Å²) in [6, 6.07) is 4.91. The Bertz CT molecular complexity index is 414. The Morgan fingerprint density at radius 1 is 1.53 bits per heavy atom. The summed E-state index contributed by atoms with van der Waals surface area (Å²) in [7, 11) is 0. The SMILES string of the molecule is Nc1ccc(C(=O)O)c(NC2CCCOC2)c1. The molecule has 0 aromatic heterocycles. The minimum atomic E-state index is -0.954. The van der Waals surface area contributed by atoms with Gasteiger partial charge in [-0.15, -0.1) is 0 Å². The van der Waals surface area contributed by atoms with Gasteiger partial charge >= 0.3 is 5.97 Å². The third-order valence-corrected chi connectivity index (χ3v) is 2.79. The molecule has 0 amide bonds. The molecule has 17 heavy (non-hydrogen) atoms. The summed E-state index contributed by atoms with van der Waals surface area (Å²) >= 11 is 0. The fraction of sp³-hybridized carbons (Fsp3) is 0.417. The second kappa shape index (κ2) is 5.05. The van der Waals surface area contributed by atoms with E-state index in [0.717, 1.165) is 19.4 Å². The first kappa shape index (κ1) is 11.7. The molecule has 1 aromatic carbocycles. The van der Waals surface area contributed by atoms with Crippen LogP contribution in [0, 0.1) is 0 Å². The maximum absolute atomic E-state index is 11.1. The van der Waals surface area contributed by atoms with Crippen LogP contribution in [-0.2, 0) is 4.74 Å². The number of nitrogens with one attached hydrogen (secondary N) is 1. The van der Waals surface area contributed by atoms with Crippen molar-refractivity contribution in [2.24, 2.45) is 0 Å². The first-order valence-corrected chi connectivity index (χ1v) is 5.64. The summed E-state index contributed by atoms with van der Waals surface area (Å²) in [6.45, 7) is 1.38. The zero-order valence-corrected chi connectivity index (χ0v) is 9.48. The lowest BCUT2D eigenvalue weighted by Crippen LogP contribution is -2.30. The molecule has 2 rings (SSSR count). The molecule has 0 saturated carbocycles. The number of nitrogen functional groups attached to an aromatic ring is 1. The van der Waals surface area contributed by atoms with Crippen LogP contribution < -0.4 is 11.1 Å². The molecule has 0 aliphatic carbocycles. The van der Waals surface area contributed by atoms with Crippen LogP contribution in [0.1, 0.15) is 23.2 Å². The molecule has 0 spiro atoms. The second-order valence-electron chi connectivity index (χ2n) is 4.17. The number of hydrogen-bond acceptors (Lipinski definition) is 4. The van der Waals surface area contributed by atoms with Gasteiger partial charge in [-0.3, -0.25) is 0 Å². The predicted molar refractivity (Wildman–Crippen MR) is 65.3 cm³/mol. The highest BCUT2D eigenvalue weighted by Crippen LogP contribution is 2.22. The standard InChI is InChI=1S/C12H16N2O3/c13-8-3-4-10(12(15)16)11(6-8)14-9-2-1-5-17-7-9/h3-4,6,9,14H,1-2,5,7,13H2,(H,15,16). The number of carboxylic acid groups (broad SMARTS) is 1. The van der Waals surface area contributed by atoms with E-state index in [1.165, 1.54) is 6.07 Å². The summed E-state index contributed by atoms with van der Waals surface area (Å²) in [6.07, 6.45) is 1.97. The minimum absolute atomic E-state index is 0.156. The number of anilines is 2. The molecule has 0 bridgehead atoms. The van der Waals surface area contributed by atoms with Gasteiger partial charge in [0.1, 0.15) is 0 Å². The third kappa shape index (κ3) is 2.88. The van der Waals surface area contributed by atoms with Gasteiger partial charge in [0, 0.05) is 18.3 Å². The van der Waals surface area contributed by atoms with E-state index >= 15 is 0 Å². The second-order valence-corrected chi connectivity index (χ2v) is 4.17. The first-order chi connectivity index (χ1) is 8.16. The zero-order valence-electron chi connectivity index (χ0n) is 9.48. The number of ether oxygens (including phenoxy) is 1. The number of aromatic carboxylic acids is 1. The highest BCUT2D eigenvalue weighted by atomic mass is 16.5. The molecular formula is C12H16N2O3. The van der Waals surface area contributed by atoms with Gasteiger partial charge in [-0.25, -0.2) is 4.79 Å². The molecule has 92 valence electrons. The first-order valence-electron chi connectivity index (χ1n) is 5.64. The lowest BCUT2D eigenvalue weighted by Gasteiger charge is -2.25. The molecule has 1 fully saturated rings. The maximum Gasteiger partial charge on any atom is 0.337 e. The fourth-order valence-corrected chi connectivity index (χ4v) is 1.94. The maximum atomic E-state index is 11.1. The molecule has 1 unspecified atom stereocenters. The monoisotopic (exact) mass is 236 g/mol. The van der Waals surface area contributed by atoms with E-state index in [-0.39, 0.29) is 11.6 Å². The minimum Gasteiger partial charge on any atom is -0.478 e. The van der Waals surface area contributed by atoms with E-state index in [1.807, 2.05) is 0 Å². The normalized spacial score (nSPS) is 19.9. The van der Waals surface area contributed by atoms with Crippen molar-refractivity contribution in [3.05, 3.63) is 23.8 Å². The van der Waals surface area contributed by atoms with Crippen molar-refractivity contribution in [2.45, 2.75) is 18.9 Å². The molecular weight excluding hydrogens is 220 g/mol. The Balaban J connectivity index is 2.17. The zero-order chi connectivity index (χ0) is 12.3. The van der Waals surface area contributed by atoms with Crippen LogP contribution in [0.15, 0.2) is 18.2 Å². The smallest absolute Gasteiger partial charge is 0.337 e. The number of carbonyl (C=O) groups is 1. The molecule has 1 aromatic rings. The number of hydrogen-bond donors (Lipinski definition) is 3. The van der Waals surface area contributed by atoms with E-state index in [1.54, 1.807) is 12.1 Å². The average molecular weight is 236 g/mol. The Morgan fingerprint density at radius 3 is 3.00 bits per heavy atom. The number of carboxylic acids is 1. The highest BCUT2D eigenvalue weighted by molar-refractivity contribution is 5.95. The van der Waals surface area contributed by atoms with Crippen molar-refractivity contribution in [3.8, 4) is 0 Å². The van der Waals surface area contributed by atoms with Gasteiger partial charge in [-0.1, -0.05) is 0 Å². The van der Waals surface area contributed by atoms with Crippen molar-refractivity contribution >= 4 is 17.3 Å². The molecule has 5 heteroatoms. The van der Waals surface area contributed by atoms with Crippen LogP contribution in [-0.4, -0.2) is 30.3 Å². The number of nitrogens with two attached hydrogens (primary N) is 1. The Kier molecular flexibility index (Phi) is 3.49. The van der Waals surface area contributed by atoms with E-state index in [4.69, 9.17) is 15.6 Å². The molecule has 1 aliphatic rings. The summed E-state index contributed by atoms with van der Waals surface area (Å²) < 4.78 is 5.34. The van der Waals surface area contributed by atoms with Crippen molar-refractivity contribution < 1.29 is 14.6 Å². The Labute approximate surface area is 99.6 Å². The summed E-state index contributed by atoms with van der Waals surface area (Å²) in [5.41, 5.74) is 7.02. The van der Waals surface area contributed by atoms with Crippen LogP contribution in [0.3, 0.4) is 0 Å². The number of benzene rings is 1. The van der Waals surface area contributed by atoms with Gasteiger partial charge < -0.3 is 20.9 Å². The van der Waals surface area contributed by atoms with Gasteiger partial charge in [0.2, 0.25) is 0 Å². The fourth-order valence-electron chi connectivity index (χ4n) is 1.94.